The monoisotopic (exact) mass is 450 g/mol. The van der Waals surface area contributed by atoms with Crippen LogP contribution >= 0.6 is 0 Å². The fourth-order valence-corrected chi connectivity index (χ4v) is 2.51. The molecule has 0 saturated carbocycles. The molecule has 0 bridgehead atoms. The summed E-state index contributed by atoms with van der Waals surface area (Å²) in [6.07, 6.45) is -25.4. The fourth-order valence-electron chi connectivity index (χ4n) is 2.51. The first kappa shape index (κ1) is 25.1. The molecule has 0 radical (unpaired) electrons. The highest BCUT2D eigenvalue weighted by molar-refractivity contribution is 5.53. The van der Waals surface area contributed by atoms with Crippen molar-refractivity contribution in [3.8, 4) is 0 Å². The largest absolute Gasteiger partial charge is 0.430 e. The molecule has 166 valence electrons. The molecule has 2 nitrogen and oxygen atoms in total. The number of halogens is 12. The fraction of sp³-hybridized carbons (Fsp3) is 0.467. The maximum absolute atomic E-state index is 13.3. The van der Waals surface area contributed by atoms with Gasteiger partial charge in [-0.1, -0.05) is 12.7 Å². The molecule has 0 unspecified atom stereocenters. The number of ether oxygens (including phenoxy) is 1. The van der Waals surface area contributed by atoms with E-state index in [1.165, 1.54) is 0 Å². The SMILES string of the molecule is C=Cc1cc(C(O)(C(F)(F)F)C(F)(F)F)cc(C(OC)(C(F)(F)F)C(F)(F)F)c1. The lowest BCUT2D eigenvalue weighted by molar-refractivity contribution is -0.383. The first-order chi connectivity index (χ1) is 12.7. The van der Waals surface area contributed by atoms with Crippen LogP contribution in [0.2, 0.25) is 0 Å². The highest BCUT2D eigenvalue weighted by Crippen LogP contribution is 2.55. The minimum atomic E-state index is -6.55. The third kappa shape index (κ3) is 3.79. The van der Waals surface area contributed by atoms with Gasteiger partial charge in [-0.3, -0.25) is 0 Å². The Labute approximate surface area is 154 Å². The van der Waals surface area contributed by atoms with Crippen LogP contribution in [0.4, 0.5) is 52.7 Å². The van der Waals surface area contributed by atoms with Crippen molar-refractivity contribution in [1.29, 1.82) is 0 Å². The Hall–Kier alpha value is -1.96. The van der Waals surface area contributed by atoms with Crippen molar-refractivity contribution in [2.45, 2.75) is 35.9 Å². The van der Waals surface area contributed by atoms with Gasteiger partial charge in [0, 0.05) is 18.2 Å². The van der Waals surface area contributed by atoms with Gasteiger partial charge in [0.1, 0.15) is 0 Å². The van der Waals surface area contributed by atoms with E-state index in [0.29, 0.717) is 6.08 Å². The van der Waals surface area contributed by atoms with Gasteiger partial charge in [-0.25, -0.2) is 0 Å². The summed E-state index contributed by atoms with van der Waals surface area (Å²) in [6.45, 7) is 2.90. The number of alkyl halides is 12. The van der Waals surface area contributed by atoms with E-state index in [2.05, 4.69) is 11.3 Å². The maximum atomic E-state index is 13.3. The summed E-state index contributed by atoms with van der Waals surface area (Å²) < 4.78 is 162. The van der Waals surface area contributed by atoms with Gasteiger partial charge in [-0.05, 0) is 23.8 Å². The molecule has 0 aliphatic rings. The van der Waals surface area contributed by atoms with Crippen LogP contribution in [0, 0.1) is 0 Å². The van der Waals surface area contributed by atoms with Crippen molar-refractivity contribution in [2.75, 3.05) is 7.11 Å². The molecule has 0 aromatic heterocycles. The summed E-state index contributed by atoms with van der Waals surface area (Å²) in [5.41, 5.74) is -16.6. The Balaban J connectivity index is 4.12. The lowest BCUT2D eigenvalue weighted by atomic mass is 9.84. The third-order valence-electron chi connectivity index (χ3n) is 3.94. The zero-order valence-corrected chi connectivity index (χ0v) is 13.9. The lowest BCUT2D eigenvalue weighted by Crippen LogP contribution is -2.56. The molecule has 0 aliphatic heterocycles. The number of hydrogen-bond acceptors (Lipinski definition) is 2. The summed E-state index contributed by atoms with van der Waals surface area (Å²) in [4.78, 5) is 0. The molecule has 0 saturated heterocycles. The molecule has 0 spiro atoms. The Morgan fingerprint density at radius 3 is 1.38 bits per heavy atom. The van der Waals surface area contributed by atoms with Gasteiger partial charge in [0.05, 0.1) is 0 Å². The summed E-state index contributed by atoms with van der Waals surface area (Å²) in [5.74, 6) is 0. The summed E-state index contributed by atoms with van der Waals surface area (Å²) >= 11 is 0. The van der Waals surface area contributed by atoms with Gasteiger partial charge in [0.2, 0.25) is 0 Å². The van der Waals surface area contributed by atoms with Crippen LogP contribution in [-0.2, 0) is 15.9 Å². The maximum Gasteiger partial charge on any atom is 0.430 e. The van der Waals surface area contributed by atoms with E-state index >= 15 is 0 Å². The quantitative estimate of drug-likeness (QED) is 0.605. The lowest BCUT2D eigenvalue weighted by Gasteiger charge is -2.38. The first-order valence-corrected chi connectivity index (χ1v) is 7.03. The minimum absolute atomic E-state index is 0.00580. The van der Waals surface area contributed by atoms with E-state index in [1.807, 2.05) is 0 Å². The van der Waals surface area contributed by atoms with E-state index in [4.69, 9.17) is 0 Å². The zero-order chi connectivity index (χ0) is 23.3. The molecular weight excluding hydrogens is 440 g/mol. The highest BCUT2D eigenvalue weighted by atomic mass is 19.4. The number of hydrogen-bond donors (Lipinski definition) is 1. The average molecular weight is 450 g/mol. The number of aliphatic hydroxyl groups is 1. The Kier molecular flexibility index (Phi) is 6.12. The van der Waals surface area contributed by atoms with Gasteiger partial charge in [0.15, 0.2) is 0 Å². The molecule has 0 aliphatic carbocycles. The highest BCUT2D eigenvalue weighted by Gasteiger charge is 2.75. The number of methoxy groups -OCH3 is 1. The van der Waals surface area contributed by atoms with Crippen LogP contribution in [0.1, 0.15) is 16.7 Å². The van der Waals surface area contributed by atoms with Crippen LogP contribution in [0.5, 0.6) is 0 Å². The second-order valence-corrected chi connectivity index (χ2v) is 5.63. The molecule has 1 rings (SSSR count). The van der Waals surface area contributed by atoms with Crippen molar-refractivity contribution in [2.24, 2.45) is 0 Å². The Morgan fingerprint density at radius 1 is 0.724 bits per heavy atom. The minimum Gasteiger partial charge on any atom is -0.369 e. The average Bonchev–Trinajstić information content (AvgIpc) is 2.49. The second kappa shape index (κ2) is 7.07. The predicted octanol–water partition coefficient (Wildman–Crippen LogP) is 5.61. The van der Waals surface area contributed by atoms with Crippen LogP contribution in [-0.4, -0.2) is 36.9 Å². The molecule has 0 heterocycles. The van der Waals surface area contributed by atoms with E-state index in [-0.39, 0.29) is 19.2 Å². The van der Waals surface area contributed by atoms with Crippen LogP contribution in [0.15, 0.2) is 24.8 Å². The smallest absolute Gasteiger partial charge is 0.369 e. The van der Waals surface area contributed by atoms with Crippen LogP contribution in [0.3, 0.4) is 0 Å². The van der Waals surface area contributed by atoms with E-state index in [9.17, 15) is 57.8 Å². The van der Waals surface area contributed by atoms with Crippen molar-refractivity contribution in [1.82, 2.24) is 0 Å². The van der Waals surface area contributed by atoms with Crippen molar-refractivity contribution < 1.29 is 62.5 Å². The van der Waals surface area contributed by atoms with E-state index in [0.717, 1.165) is 0 Å². The molecule has 1 aromatic rings. The van der Waals surface area contributed by atoms with Gasteiger partial charge < -0.3 is 9.84 Å². The Morgan fingerprint density at radius 2 is 1.10 bits per heavy atom. The summed E-state index contributed by atoms with van der Waals surface area (Å²) in [5, 5.41) is 9.36. The number of benzene rings is 1. The van der Waals surface area contributed by atoms with Gasteiger partial charge >= 0.3 is 24.7 Å². The standard InChI is InChI=1S/C15H10F12O2/c1-3-7-4-8(10(28,12(16,17)18)13(19,20)21)6-9(5-7)11(29-2,14(22,23)24)15(25,26)27/h3-6,28H,1H2,2H3. The molecule has 29 heavy (non-hydrogen) atoms. The van der Waals surface area contributed by atoms with Crippen molar-refractivity contribution in [3.63, 3.8) is 0 Å². The van der Waals surface area contributed by atoms with E-state index < -0.39 is 58.7 Å². The molecular formula is C15H10F12O2. The zero-order valence-electron chi connectivity index (χ0n) is 13.9. The predicted molar refractivity (Wildman–Crippen MR) is 73.3 cm³/mol. The molecule has 14 heteroatoms. The van der Waals surface area contributed by atoms with Gasteiger partial charge in [-0.2, -0.15) is 52.7 Å². The van der Waals surface area contributed by atoms with Gasteiger partial charge in [-0.15, -0.1) is 0 Å². The van der Waals surface area contributed by atoms with Gasteiger partial charge in [0.25, 0.3) is 11.2 Å². The second-order valence-electron chi connectivity index (χ2n) is 5.63. The summed E-state index contributed by atoms with van der Waals surface area (Å²) in [7, 11) is -0.0824. The van der Waals surface area contributed by atoms with E-state index in [1.54, 1.807) is 0 Å². The molecule has 1 N–H and O–H groups in total. The van der Waals surface area contributed by atoms with Crippen LogP contribution < -0.4 is 0 Å². The topological polar surface area (TPSA) is 29.5 Å². The van der Waals surface area contributed by atoms with Crippen LogP contribution in [0.25, 0.3) is 6.08 Å². The molecule has 0 fully saturated rings. The van der Waals surface area contributed by atoms with Crippen molar-refractivity contribution >= 4 is 6.08 Å². The third-order valence-corrected chi connectivity index (χ3v) is 3.94. The van der Waals surface area contributed by atoms with Crippen molar-refractivity contribution in [3.05, 3.63) is 41.5 Å². The molecule has 0 amide bonds. The normalized spacial score (nSPS) is 14.8. The molecule has 0 atom stereocenters. The first-order valence-electron chi connectivity index (χ1n) is 7.03. The Bertz CT molecular complexity index is 727. The number of rotatable bonds is 4. The molecule has 1 aromatic carbocycles. The summed E-state index contributed by atoms with van der Waals surface area (Å²) in [6, 6.07) is -0.808.